The molecule has 0 aliphatic carbocycles. The molecule has 0 aliphatic rings. The third-order valence-corrected chi connectivity index (χ3v) is 5.14. The number of hydrogen-bond acceptors (Lipinski definition) is 5. The number of esters is 1. The molecule has 138 valence electrons. The highest BCUT2D eigenvalue weighted by atomic mass is 35.5. The number of thiazole rings is 1. The maximum Gasteiger partial charge on any atom is 0.350 e. The monoisotopic (exact) mass is 400 g/mol. The van der Waals surface area contributed by atoms with Gasteiger partial charge in [-0.05, 0) is 24.6 Å². The Balaban J connectivity index is 1.57. The average Bonchev–Trinajstić information content (AvgIpc) is 3.07. The van der Waals surface area contributed by atoms with Crippen molar-refractivity contribution < 1.29 is 14.3 Å². The second-order valence-corrected chi connectivity index (χ2v) is 7.22. The largest absolute Gasteiger partial charge is 0.451 e. The van der Waals surface area contributed by atoms with Crippen LogP contribution in [0.3, 0.4) is 0 Å². The summed E-state index contributed by atoms with van der Waals surface area (Å²) in [5.41, 5.74) is 2.36. The topological polar surface area (TPSA) is 68.3 Å². The van der Waals surface area contributed by atoms with Crippen LogP contribution in [0, 0.1) is 6.92 Å². The van der Waals surface area contributed by atoms with Gasteiger partial charge in [0, 0.05) is 17.1 Å². The number of aromatic nitrogens is 1. The molecule has 3 aromatic rings. The van der Waals surface area contributed by atoms with Crippen LogP contribution in [0.15, 0.2) is 54.6 Å². The van der Waals surface area contributed by atoms with E-state index < -0.39 is 5.97 Å². The molecule has 0 radical (unpaired) electrons. The Morgan fingerprint density at radius 2 is 1.93 bits per heavy atom. The van der Waals surface area contributed by atoms with E-state index in [1.165, 1.54) is 11.3 Å². The first kappa shape index (κ1) is 19.1. The summed E-state index contributed by atoms with van der Waals surface area (Å²) in [4.78, 5) is 29.0. The summed E-state index contributed by atoms with van der Waals surface area (Å²) in [7, 11) is 0. The zero-order valence-electron chi connectivity index (χ0n) is 14.6. The molecule has 7 heteroatoms. The van der Waals surface area contributed by atoms with Crippen LogP contribution in [0.4, 0.5) is 0 Å². The van der Waals surface area contributed by atoms with E-state index in [0.29, 0.717) is 27.1 Å². The minimum Gasteiger partial charge on any atom is -0.451 e. The van der Waals surface area contributed by atoms with E-state index in [0.717, 1.165) is 11.1 Å². The number of carbonyl (C=O) groups excluding carboxylic acids is 2. The summed E-state index contributed by atoms with van der Waals surface area (Å²) in [5.74, 6) is -0.919. The van der Waals surface area contributed by atoms with Crippen molar-refractivity contribution in [3.63, 3.8) is 0 Å². The van der Waals surface area contributed by atoms with Crippen molar-refractivity contribution >= 4 is 34.8 Å². The zero-order valence-corrected chi connectivity index (χ0v) is 16.1. The molecule has 0 bridgehead atoms. The van der Waals surface area contributed by atoms with Crippen molar-refractivity contribution in [1.29, 1.82) is 0 Å². The van der Waals surface area contributed by atoms with E-state index >= 15 is 0 Å². The summed E-state index contributed by atoms with van der Waals surface area (Å²) in [6, 6.07) is 16.8. The van der Waals surface area contributed by atoms with Gasteiger partial charge in [0.1, 0.15) is 9.88 Å². The smallest absolute Gasteiger partial charge is 0.350 e. The Hall–Kier alpha value is -2.70. The first-order chi connectivity index (χ1) is 13.0. The number of halogens is 1. The molecule has 27 heavy (non-hydrogen) atoms. The normalized spacial score (nSPS) is 10.4. The molecule has 1 aromatic heterocycles. The molecule has 0 unspecified atom stereocenters. The molecular formula is C20H17ClN2O3S. The minimum absolute atomic E-state index is 0.338. The van der Waals surface area contributed by atoms with Gasteiger partial charge < -0.3 is 10.1 Å². The SMILES string of the molecule is Cc1nc(-c2cccc(Cl)c2)sc1C(=O)OCC(=O)NCc1ccccc1. The lowest BCUT2D eigenvalue weighted by Crippen LogP contribution is -2.28. The van der Waals surface area contributed by atoms with Gasteiger partial charge in [-0.3, -0.25) is 4.79 Å². The predicted octanol–water partition coefficient (Wildman–Crippen LogP) is 4.25. The van der Waals surface area contributed by atoms with Gasteiger partial charge in [0.2, 0.25) is 0 Å². The fraction of sp³-hybridized carbons (Fsp3) is 0.150. The van der Waals surface area contributed by atoms with E-state index in [-0.39, 0.29) is 12.5 Å². The van der Waals surface area contributed by atoms with Gasteiger partial charge >= 0.3 is 5.97 Å². The summed E-state index contributed by atoms with van der Waals surface area (Å²) in [6.07, 6.45) is 0. The van der Waals surface area contributed by atoms with E-state index in [1.54, 1.807) is 19.1 Å². The molecule has 1 heterocycles. The summed E-state index contributed by atoms with van der Waals surface area (Å²) in [5, 5.41) is 3.99. The molecule has 0 fully saturated rings. The van der Waals surface area contributed by atoms with Crippen molar-refractivity contribution in [1.82, 2.24) is 10.3 Å². The fourth-order valence-electron chi connectivity index (χ4n) is 2.37. The quantitative estimate of drug-likeness (QED) is 0.628. The van der Waals surface area contributed by atoms with Crippen LogP contribution in [0.5, 0.6) is 0 Å². The van der Waals surface area contributed by atoms with E-state index in [1.807, 2.05) is 42.5 Å². The van der Waals surface area contributed by atoms with Gasteiger partial charge in [0.05, 0.1) is 5.69 Å². The molecule has 2 aromatic carbocycles. The minimum atomic E-state index is -0.562. The number of amides is 1. The molecule has 5 nitrogen and oxygen atoms in total. The van der Waals surface area contributed by atoms with E-state index in [4.69, 9.17) is 16.3 Å². The molecule has 0 spiro atoms. The number of nitrogens with zero attached hydrogens (tertiary/aromatic N) is 1. The lowest BCUT2D eigenvalue weighted by atomic mass is 10.2. The number of ether oxygens (including phenoxy) is 1. The number of rotatable bonds is 6. The first-order valence-electron chi connectivity index (χ1n) is 8.24. The van der Waals surface area contributed by atoms with Crippen LogP contribution in [-0.4, -0.2) is 23.5 Å². The van der Waals surface area contributed by atoms with Gasteiger partial charge in [0.15, 0.2) is 6.61 Å². The average molecular weight is 401 g/mol. The highest BCUT2D eigenvalue weighted by molar-refractivity contribution is 7.17. The standard InChI is InChI=1S/C20H17ClN2O3S/c1-13-18(27-19(23-13)15-8-5-9-16(21)10-15)20(25)26-12-17(24)22-11-14-6-3-2-4-7-14/h2-10H,11-12H2,1H3,(H,22,24). The lowest BCUT2D eigenvalue weighted by molar-refractivity contribution is -0.124. The van der Waals surface area contributed by atoms with Crippen LogP contribution >= 0.6 is 22.9 Å². The summed E-state index contributed by atoms with van der Waals surface area (Å²) >= 11 is 7.22. The Bertz CT molecular complexity index is 957. The van der Waals surface area contributed by atoms with E-state index in [2.05, 4.69) is 10.3 Å². The molecule has 0 saturated carbocycles. The maximum absolute atomic E-state index is 12.3. The Morgan fingerprint density at radius 1 is 1.15 bits per heavy atom. The second kappa shape index (κ2) is 8.79. The van der Waals surface area contributed by atoms with Crippen molar-refractivity contribution in [2.75, 3.05) is 6.61 Å². The van der Waals surface area contributed by atoms with Gasteiger partial charge in [0.25, 0.3) is 5.91 Å². The Morgan fingerprint density at radius 3 is 2.67 bits per heavy atom. The third kappa shape index (κ3) is 5.15. The summed E-state index contributed by atoms with van der Waals surface area (Å²) in [6.45, 7) is 1.78. The zero-order chi connectivity index (χ0) is 19.2. The van der Waals surface area contributed by atoms with Crippen LogP contribution < -0.4 is 5.32 Å². The number of hydrogen-bond donors (Lipinski definition) is 1. The first-order valence-corrected chi connectivity index (χ1v) is 9.43. The predicted molar refractivity (Wildman–Crippen MR) is 106 cm³/mol. The van der Waals surface area contributed by atoms with E-state index in [9.17, 15) is 9.59 Å². The second-order valence-electron chi connectivity index (χ2n) is 5.78. The molecule has 1 N–H and O–H groups in total. The van der Waals surface area contributed by atoms with Crippen molar-refractivity contribution in [2.24, 2.45) is 0 Å². The molecule has 0 saturated heterocycles. The fourth-order valence-corrected chi connectivity index (χ4v) is 3.52. The third-order valence-electron chi connectivity index (χ3n) is 3.72. The molecule has 1 amide bonds. The lowest BCUT2D eigenvalue weighted by Gasteiger charge is -2.06. The number of benzene rings is 2. The van der Waals surface area contributed by atoms with Crippen molar-refractivity contribution in [2.45, 2.75) is 13.5 Å². The Labute approximate surface area is 166 Å². The highest BCUT2D eigenvalue weighted by Gasteiger charge is 2.18. The van der Waals surface area contributed by atoms with Gasteiger partial charge in [-0.15, -0.1) is 11.3 Å². The van der Waals surface area contributed by atoms with Crippen molar-refractivity contribution in [3.8, 4) is 10.6 Å². The van der Waals surface area contributed by atoms with Crippen LogP contribution in [0.2, 0.25) is 5.02 Å². The molecule has 3 rings (SSSR count). The molecular weight excluding hydrogens is 384 g/mol. The molecule has 0 atom stereocenters. The van der Waals surface area contributed by atoms with Crippen LogP contribution in [0.25, 0.3) is 10.6 Å². The van der Waals surface area contributed by atoms with Crippen LogP contribution in [0.1, 0.15) is 20.9 Å². The number of aryl methyl sites for hydroxylation is 1. The molecule has 0 aliphatic heterocycles. The van der Waals surface area contributed by atoms with Crippen molar-refractivity contribution in [3.05, 3.63) is 75.8 Å². The van der Waals surface area contributed by atoms with Crippen LogP contribution in [-0.2, 0) is 16.1 Å². The number of carbonyl (C=O) groups is 2. The number of nitrogens with one attached hydrogen (secondary N) is 1. The van der Waals surface area contributed by atoms with Gasteiger partial charge in [-0.1, -0.05) is 54.1 Å². The van der Waals surface area contributed by atoms with Gasteiger partial charge in [-0.25, -0.2) is 9.78 Å². The maximum atomic E-state index is 12.3. The summed E-state index contributed by atoms with van der Waals surface area (Å²) < 4.78 is 5.13. The highest BCUT2D eigenvalue weighted by Crippen LogP contribution is 2.29. The van der Waals surface area contributed by atoms with Gasteiger partial charge in [-0.2, -0.15) is 0 Å². The Kier molecular flexibility index (Phi) is 6.21.